The van der Waals surface area contributed by atoms with E-state index in [0.29, 0.717) is 12.7 Å². The highest BCUT2D eigenvalue weighted by molar-refractivity contribution is 5.48. The molecule has 0 radical (unpaired) electrons. The van der Waals surface area contributed by atoms with Gasteiger partial charge in [0.05, 0.1) is 18.3 Å². The summed E-state index contributed by atoms with van der Waals surface area (Å²) >= 11 is 0. The number of rotatable bonds is 5. The third-order valence-corrected chi connectivity index (χ3v) is 4.78. The lowest BCUT2D eigenvalue weighted by atomic mass is 9.83. The summed E-state index contributed by atoms with van der Waals surface area (Å²) in [5.74, 6) is 0.929. The molecule has 21 heavy (non-hydrogen) atoms. The van der Waals surface area contributed by atoms with E-state index in [1.54, 1.807) is 0 Å². The summed E-state index contributed by atoms with van der Waals surface area (Å²) in [6.45, 7) is 3.62. The van der Waals surface area contributed by atoms with Gasteiger partial charge in [0.15, 0.2) is 0 Å². The Labute approximate surface area is 128 Å². The van der Waals surface area contributed by atoms with Crippen LogP contribution in [0.25, 0.3) is 0 Å². The van der Waals surface area contributed by atoms with Gasteiger partial charge in [-0.3, -0.25) is 0 Å². The fraction of sp³-hybridized carbons (Fsp3) is 0.667. The molecule has 1 saturated heterocycles. The number of anilines is 1. The van der Waals surface area contributed by atoms with Crippen molar-refractivity contribution in [2.45, 2.75) is 63.6 Å². The highest BCUT2D eigenvalue weighted by Gasteiger charge is 2.40. The molecule has 0 amide bonds. The topological polar surface area (TPSA) is 30.5 Å². The Kier molecular flexibility index (Phi) is 4.69. The Morgan fingerprint density at radius 1 is 1.24 bits per heavy atom. The molecule has 1 aromatic rings. The lowest BCUT2D eigenvalue weighted by Gasteiger charge is -2.33. The van der Waals surface area contributed by atoms with Crippen molar-refractivity contribution in [1.29, 1.82) is 0 Å². The summed E-state index contributed by atoms with van der Waals surface area (Å²) in [5.41, 5.74) is 1.34. The zero-order valence-electron chi connectivity index (χ0n) is 13.1. The average Bonchev–Trinajstić information content (AvgIpc) is 2.89. The molecule has 0 aromatic heterocycles. The normalized spacial score (nSPS) is 24.1. The minimum atomic E-state index is 0.220. The molecule has 116 valence electrons. The van der Waals surface area contributed by atoms with Gasteiger partial charge in [0.2, 0.25) is 0 Å². The first-order chi connectivity index (χ1) is 10.3. The second-order valence-electron chi connectivity index (χ2n) is 6.36. The fourth-order valence-corrected chi connectivity index (χ4v) is 3.70. The lowest BCUT2D eigenvalue weighted by Crippen LogP contribution is -2.33. The maximum absolute atomic E-state index is 6.40. The van der Waals surface area contributed by atoms with Crippen LogP contribution in [0.2, 0.25) is 0 Å². The van der Waals surface area contributed by atoms with Crippen molar-refractivity contribution < 1.29 is 9.47 Å². The Hall–Kier alpha value is -1.22. The fourth-order valence-electron chi connectivity index (χ4n) is 3.70. The van der Waals surface area contributed by atoms with E-state index in [1.165, 1.54) is 44.9 Å². The van der Waals surface area contributed by atoms with E-state index in [9.17, 15) is 0 Å². The van der Waals surface area contributed by atoms with E-state index >= 15 is 0 Å². The van der Waals surface area contributed by atoms with Gasteiger partial charge in [0.25, 0.3) is 0 Å². The monoisotopic (exact) mass is 289 g/mol. The van der Waals surface area contributed by atoms with Crippen LogP contribution in [0.1, 0.15) is 51.9 Å². The lowest BCUT2D eigenvalue weighted by molar-refractivity contribution is -0.0588. The average molecular weight is 289 g/mol. The van der Waals surface area contributed by atoms with Crippen molar-refractivity contribution in [3.8, 4) is 5.75 Å². The minimum absolute atomic E-state index is 0.220. The third-order valence-electron chi connectivity index (χ3n) is 4.78. The van der Waals surface area contributed by atoms with Crippen LogP contribution < -0.4 is 10.1 Å². The standard InChI is InChI=1S/C18H27NO2/c1-2-20-16-8-6-7-15(13-16)19-14-17-9-12-18(21-17)10-4-3-5-11-18/h6-8,13,17,19H,2-5,9-12,14H2,1H3. The van der Waals surface area contributed by atoms with E-state index in [-0.39, 0.29) is 5.60 Å². The number of benzene rings is 1. The van der Waals surface area contributed by atoms with E-state index < -0.39 is 0 Å². The summed E-state index contributed by atoms with van der Waals surface area (Å²) in [7, 11) is 0. The molecule has 1 aromatic carbocycles. The van der Waals surface area contributed by atoms with E-state index in [2.05, 4.69) is 17.4 Å². The van der Waals surface area contributed by atoms with Crippen molar-refractivity contribution in [2.75, 3.05) is 18.5 Å². The largest absolute Gasteiger partial charge is 0.494 e. The van der Waals surface area contributed by atoms with E-state index in [1.807, 2.05) is 19.1 Å². The Morgan fingerprint density at radius 3 is 2.90 bits per heavy atom. The highest BCUT2D eigenvalue weighted by atomic mass is 16.5. The maximum Gasteiger partial charge on any atom is 0.121 e. The second-order valence-corrected chi connectivity index (χ2v) is 6.36. The first kappa shape index (κ1) is 14.7. The molecule has 1 N–H and O–H groups in total. The number of hydrogen-bond acceptors (Lipinski definition) is 3. The van der Waals surface area contributed by atoms with Gasteiger partial charge in [-0.2, -0.15) is 0 Å². The van der Waals surface area contributed by atoms with Crippen LogP contribution in [0.3, 0.4) is 0 Å². The van der Waals surface area contributed by atoms with Crippen LogP contribution in [0.15, 0.2) is 24.3 Å². The summed E-state index contributed by atoms with van der Waals surface area (Å²) < 4.78 is 11.9. The molecule has 3 rings (SSSR count). The van der Waals surface area contributed by atoms with Gasteiger partial charge in [-0.05, 0) is 44.7 Å². The second kappa shape index (κ2) is 6.69. The molecular weight excluding hydrogens is 262 g/mol. The molecule has 0 bridgehead atoms. The quantitative estimate of drug-likeness (QED) is 0.872. The first-order valence-corrected chi connectivity index (χ1v) is 8.44. The van der Waals surface area contributed by atoms with Gasteiger partial charge in [0, 0.05) is 18.3 Å². The van der Waals surface area contributed by atoms with Crippen LogP contribution in [-0.2, 0) is 4.74 Å². The molecule has 1 atom stereocenters. The van der Waals surface area contributed by atoms with Crippen LogP contribution >= 0.6 is 0 Å². The molecule has 1 spiro atoms. The van der Waals surface area contributed by atoms with Gasteiger partial charge in [-0.25, -0.2) is 0 Å². The summed E-state index contributed by atoms with van der Waals surface area (Å²) in [6, 6.07) is 8.19. The number of nitrogens with one attached hydrogen (secondary N) is 1. The van der Waals surface area contributed by atoms with Gasteiger partial charge >= 0.3 is 0 Å². The Morgan fingerprint density at radius 2 is 2.10 bits per heavy atom. The number of ether oxygens (including phenoxy) is 2. The first-order valence-electron chi connectivity index (χ1n) is 8.44. The highest BCUT2D eigenvalue weighted by Crippen LogP contribution is 2.41. The smallest absolute Gasteiger partial charge is 0.121 e. The van der Waals surface area contributed by atoms with Crippen LogP contribution in [0.4, 0.5) is 5.69 Å². The summed E-state index contributed by atoms with van der Waals surface area (Å²) in [5, 5.41) is 3.50. The SMILES string of the molecule is CCOc1cccc(NCC2CCC3(CCCCC3)O2)c1. The Balaban J connectivity index is 1.50. The molecule has 1 heterocycles. The predicted molar refractivity (Wildman–Crippen MR) is 86.0 cm³/mol. The minimum Gasteiger partial charge on any atom is -0.494 e. The summed E-state index contributed by atoms with van der Waals surface area (Å²) in [6.07, 6.45) is 9.41. The molecule has 2 fully saturated rings. The van der Waals surface area contributed by atoms with Crippen LogP contribution in [-0.4, -0.2) is 24.9 Å². The van der Waals surface area contributed by atoms with Crippen molar-refractivity contribution in [3.05, 3.63) is 24.3 Å². The van der Waals surface area contributed by atoms with Crippen molar-refractivity contribution in [2.24, 2.45) is 0 Å². The van der Waals surface area contributed by atoms with Gasteiger partial charge in [-0.15, -0.1) is 0 Å². The zero-order valence-corrected chi connectivity index (χ0v) is 13.1. The van der Waals surface area contributed by atoms with Gasteiger partial charge in [-0.1, -0.05) is 25.3 Å². The van der Waals surface area contributed by atoms with E-state index in [4.69, 9.17) is 9.47 Å². The van der Waals surface area contributed by atoms with E-state index in [0.717, 1.165) is 18.0 Å². The van der Waals surface area contributed by atoms with Gasteiger partial charge in [0.1, 0.15) is 5.75 Å². The number of hydrogen-bond donors (Lipinski definition) is 1. The zero-order chi connectivity index (χ0) is 14.5. The molecule has 1 aliphatic carbocycles. The molecular formula is C18H27NO2. The summed E-state index contributed by atoms with van der Waals surface area (Å²) in [4.78, 5) is 0. The molecule has 3 heteroatoms. The van der Waals surface area contributed by atoms with Crippen LogP contribution in [0.5, 0.6) is 5.75 Å². The molecule has 1 saturated carbocycles. The molecule has 3 nitrogen and oxygen atoms in total. The van der Waals surface area contributed by atoms with Crippen molar-refractivity contribution in [1.82, 2.24) is 0 Å². The van der Waals surface area contributed by atoms with Crippen molar-refractivity contribution >= 4 is 5.69 Å². The third kappa shape index (κ3) is 3.70. The Bertz CT molecular complexity index is 454. The maximum atomic E-state index is 6.40. The van der Waals surface area contributed by atoms with Gasteiger partial charge < -0.3 is 14.8 Å². The molecule has 1 aliphatic heterocycles. The molecule has 1 unspecified atom stereocenters. The molecule has 2 aliphatic rings. The van der Waals surface area contributed by atoms with Crippen LogP contribution in [0, 0.1) is 0 Å². The van der Waals surface area contributed by atoms with Crippen molar-refractivity contribution in [3.63, 3.8) is 0 Å². The predicted octanol–water partition coefficient (Wildman–Crippen LogP) is 4.38.